The predicted molar refractivity (Wildman–Crippen MR) is 72.7 cm³/mol. The summed E-state index contributed by atoms with van der Waals surface area (Å²) in [6.45, 7) is 0.614. The zero-order valence-electron chi connectivity index (χ0n) is 10.7. The average molecular weight is 273 g/mol. The number of nitriles is 1. The van der Waals surface area contributed by atoms with Crippen molar-refractivity contribution < 1.29 is 8.78 Å². The maximum atomic E-state index is 13.7. The summed E-state index contributed by atoms with van der Waals surface area (Å²) in [5.41, 5.74) is 7.10. The molecule has 0 aromatic heterocycles. The highest BCUT2D eigenvalue weighted by atomic mass is 19.1. The van der Waals surface area contributed by atoms with Gasteiger partial charge in [-0.25, -0.2) is 8.78 Å². The van der Waals surface area contributed by atoms with Crippen LogP contribution in [0.2, 0.25) is 0 Å². The van der Waals surface area contributed by atoms with Crippen LogP contribution in [0.5, 0.6) is 0 Å². The first-order chi connectivity index (χ1) is 9.65. The Bertz CT molecular complexity index is 639. The summed E-state index contributed by atoms with van der Waals surface area (Å²) in [7, 11) is 0. The quantitative estimate of drug-likeness (QED) is 0.900. The van der Waals surface area contributed by atoms with Crippen LogP contribution in [0.4, 0.5) is 14.5 Å². The van der Waals surface area contributed by atoms with Crippen molar-refractivity contribution in [2.45, 2.75) is 13.1 Å². The van der Waals surface area contributed by atoms with Gasteiger partial charge in [-0.3, -0.25) is 0 Å². The zero-order chi connectivity index (χ0) is 14.5. The second kappa shape index (κ2) is 6.13. The molecule has 0 aliphatic heterocycles. The van der Waals surface area contributed by atoms with Crippen molar-refractivity contribution in [3.8, 4) is 6.07 Å². The number of nitrogens with two attached hydrogens (primary N) is 1. The highest BCUT2D eigenvalue weighted by Gasteiger charge is 2.11. The summed E-state index contributed by atoms with van der Waals surface area (Å²) < 4.78 is 27.4. The van der Waals surface area contributed by atoms with Gasteiger partial charge in [-0.1, -0.05) is 24.3 Å². The van der Waals surface area contributed by atoms with Gasteiger partial charge < -0.3 is 11.1 Å². The Morgan fingerprint density at radius 1 is 1.10 bits per heavy atom. The molecule has 0 saturated carbocycles. The SMILES string of the molecule is N#Cc1cc(F)c(NCc2ccccc2CN)c(F)c1. The van der Waals surface area contributed by atoms with Crippen LogP contribution in [0.1, 0.15) is 16.7 Å². The molecule has 0 bridgehead atoms. The average Bonchev–Trinajstić information content (AvgIpc) is 2.46. The van der Waals surface area contributed by atoms with Crippen LogP contribution < -0.4 is 11.1 Å². The minimum Gasteiger partial charge on any atom is -0.376 e. The summed E-state index contributed by atoms with van der Waals surface area (Å²) >= 11 is 0. The number of nitrogens with one attached hydrogen (secondary N) is 1. The van der Waals surface area contributed by atoms with E-state index < -0.39 is 11.6 Å². The van der Waals surface area contributed by atoms with E-state index >= 15 is 0 Å². The van der Waals surface area contributed by atoms with Gasteiger partial charge in [-0.15, -0.1) is 0 Å². The molecule has 0 spiro atoms. The molecule has 0 fully saturated rings. The number of hydrogen-bond donors (Lipinski definition) is 2. The molecule has 5 heteroatoms. The first kappa shape index (κ1) is 14.0. The van der Waals surface area contributed by atoms with Gasteiger partial charge in [-0.05, 0) is 23.3 Å². The van der Waals surface area contributed by atoms with E-state index in [-0.39, 0.29) is 17.8 Å². The normalized spacial score (nSPS) is 10.1. The number of halogens is 2. The number of nitrogens with zero attached hydrogens (tertiary/aromatic N) is 1. The van der Waals surface area contributed by atoms with E-state index in [1.165, 1.54) is 0 Å². The summed E-state index contributed by atoms with van der Waals surface area (Å²) in [6, 6.07) is 11.1. The molecular formula is C15H13F2N3. The maximum absolute atomic E-state index is 13.7. The molecule has 0 unspecified atom stereocenters. The van der Waals surface area contributed by atoms with Gasteiger partial charge in [0.1, 0.15) is 5.69 Å². The minimum atomic E-state index is -0.785. The Hall–Kier alpha value is -2.45. The molecule has 0 saturated heterocycles. The summed E-state index contributed by atoms with van der Waals surface area (Å²) in [5, 5.41) is 11.3. The largest absolute Gasteiger partial charge is 0.376 e. The van der Waals surface area contributed by atoms with Gasteiger partial charge in [0.05, 0.1) is 11.6 Å². The van der Waals surface area contributed by atoms with E-state index in [2.05, 4.69) is 5.32 Å². The summed E-state index contributed by atoms with van der Waals surface area (Å²) in [5.74, 6) is -1.57. The first-order valence-corrected chi connectivity index (χ1v) is 6.05. The van der Waals surface area contributed by atoms with Crippen LogP contribution in [0.3, 0.4) is 0 Å². The van der Waals surface area contributed by atoms with Crippen LogP contribution in [0.25, 0.3) is 0 Å². The van der Waals surface area contributed by atoms with Crippen LogP contribution in [0, 0.1) is 23.0 Å². The third-order valence-corrected chi connectivity index (χ3v) is 2.97. The molecule has 3 N–H and O–H groups in total. The first-order valence-electron chi connectivity index (χ1n) is 6.05. The Kier molecular flexibility index (Phi) is 4.28. The monoisotopic (exact) mass is 273 g/mol. The third kappa shape index (κ3) is 2.92. The molecule has 0 amide bonds. The van der Waals surface area contributed by atoms with E-state index in [0.29, 0.717) is 6.54 Å². The lowest BCUT2D eigenvalue weighted by Gasteiger charge is -2.11. The second-order valence-electron chi connectivity index (χ2n) is 4.25. The van der Waals surface area contributed by atoms with Crippen molar-refractivity contribution in [3.63, 3.8) is 0 Å². The van der Waals surface area contributed by atoms with Crippen molar-refractivity contribution in [3.05, 3.63) is 64.7 Å². The van der Waals surface area contributed by atoms with Gasteiger partial charge in [0, 0.05) is 13.1 Å². The fraction of sp³-hybridized carbons (Fsp3) is 0.133. The smallest absolute Gasteiger partial charge is 0.150 e. The Morgan fingerprint density at radius 2 is 1.70 bits per heavy atom. The lowest BCUT2D eigenvalue weighted by Crippen LogP contribution is -2.08. The van der Waals surface area contributed by atoms with E-state index in [9.17, 15) is 8.78 Å². The zero-order valence-corrected chi connectivity index (χ0v) is 10.7. The lowest BCUT2D eigenvalue weighted by molar-refractivity contribution is 0.587. The number of anilines is 1. The molecule has 0 aliphatic carbocycles. The molecule has 20 heavy (non-hydrogen) atoms. The van der Waals surface area contributed by atoms with Crippen molar-refractivity contribution >= 4 is 5.69 Å². The third-order valence-electron chi connectivity index (χ3n) is 2.97. The minimum absolute atomic E-state index is 0.0482. The van der Waals surface area contributed by atoms with Crippen molar-refractivity contribution in [1.29, 1.82) is 5.26 Å². The van der Waals surface area contributed by atoms with Crippen LogP contribution in [0.15, 0.2) is 36.4 Å². The van der Waals surface area contributed by atoms with Gasteiger partial charge >= 0.3 is 0 Å². The van der Waals surface area contributed by atoms with E-state index in [1.54, 1.807) is 6.07 Å². The van der Waals surface area contributed by atoms with Crippen LogP contribution in [-0.4, -0.2) is 0 Å². The Morgan fingerprint density at radius 3 is 2.25 bits per heavy atom. The number of benzene rings is 2. The summed E-state index contributed by atoms with van der Waals surface area (Å²) in [4.78, 5) is 0. The fourth-order valence-corrected chi connectivity index (χ4v) is 1.92. The van der Waals surface area contributed by atoms with Gasteiger partial charge in [-0.2, -0.15) is 5.26 Å². The molecule has 0 aliphatic rings. The van der Waals surface area contributed by atoms with Gasteiger partial charge in [0.2, 0.25) is 0 Å². The second-order valence-corrected chi connectivity index (χ2v) is 4.25. The molecule has 0 atom stereocenters. The molecule has 102 valence electrons. The summed E-state index contributed by atoms with van der Waals surface area (Å²) in [6.07, 6.45) is 0. The number of hydrogen-bond acceptors (Lipinski definition) is 3. The van der Waals surface area contributed by atoms with Crippen molar-refractivity contribution in [1.82, 2.24) is 0 Å². The number of rotatable bonds is 4. The molecular weight excluding hydrogens is 260 g/mol. The van der Waals surface area contributed by atoms with Crippen molar-refractivity contribution in [2.24, 2.45) is 5.73 Å². The highest BCUT2D eigenvalue weighted by Crippen LogP contribution is 2.21. The topological polar surface area (TPSA) is 61.8 Å². The molecule has 2 aromatic carbocycles. The standard InChI is InChI=1S/C15H13F2N3/c16-13-5-10(7-18)6-14(17)15(13)20-9-12-4-2-1-3-11(12)8-19/h1-6,20H,8-9,19H2. The molecule has 2 aromatic rings. The van der Waals surface area contributed by atoms with Crippen molar-refractivity contribution in [2.75, 3.05) is 5.32 Å². The Balaban J connectivity index is 2.22. The molecule has 0 radical (unpaired) electrons. The van der Waals surface area contributed by atoms with Gasteiger partial charge in [0.15, 0.2) is 11.6 Å². The van der Waals surface area contributed by atoms with E-state index in [1.807, 2.05) is 24.3 Å². The Labute approximate surface area is 115 Å². The highest BCUT2D eigenvalue weighted by molar-refractivity contribution is 5.51. The van der Waals surface area contributed by atoms with E-state index in [4.69, 9.17) is 11.0 Å². The maximum Gasteiger partial charge on any atom is 0.150 e. The van der Waals surface area contributed by atoms with Crippen LogP contribution >= 0.6 is 0 Å². The fourth-order valence-electron chi connectivity index (χ4n) is 1.92. The van der Waals surface area contributed by atoms with Crippen LogP contribution in [-0.2, 0) is 13.1 Å². The molecule has 0 heterocycles. The molecule has 2 rings (SSSR count). The molecule has 3 nitrogen and oxygen atoms in total. The predicted octanol–water partition coefficient (Wildman–Crippen LogP) is 2.91. The lowest BCUT2D eigenvalue weighted by atomic mass is 10.1. The van der Waals surface area contributed by atoms with Gasteiger partial charge in [0.25, 0.3) is 0 Å². The van der Waals surface area contributed by atoms with E-state index in [0.717, 1.165) is 23.3 Å².